The number of nitrogens with zero attached hydrogens (tertiary/aromatic N) is 2. The van der Waals surface area contributed by atoms with Crippen LogP contribution < -0.4 is 10.3 Å². The lowest BCUT2D eigenvalue weighted by atomic mass is 9.96. The molecule has 4 rings (SSSR count). The number of hydrogen-bond acceptors (Lipinski definition) is 3. The van der Waals surface area contributed by atoms with Gasteiger partial charge in [0.2, 0.25) is 0 Å². The number of pyridine rings is 1. The predicted octanol–water partition coefficient (Wildman–Crippen LogP) is 4.84. The number of fused-ring (bicyclic) bond motifs is 1. The summed E-state index contributed by atoms with van der Waals surface area (Å²) in [6, 6.07) is 16.2. The molecule has 4 heteroatoms. The van der Waals surface area contributed by atoms with E-state index in [1.165, 1.54) is 12.8 Å². The van der Waals surface area contributed by atoms with Crippen LogP contribution in [0.25, 0.3) is 21.9 Å². The van der Waals surface area contributed by atoms with E-state index in [0.29, 0.717) is 0 Å². The number of methoxy groups -OCH3 is 1. The molecule has 1 saturated carbocycles. The Morgan fingerprint density at radius 3 is 2.52 bits per heavy atom. The second-order valence-electron chi connectivity index (χ2n) is 8.14. The van der Waals surface area contributed by atoms with E-state index in [-0.39, 0.29) is 5.56 Å². The zero-order valence-electron chi connectivity index (χ0n) is 17.6. The average Bonchev–Trinajstić information content (AvgIpc) is 3.56. The first kappa shape index (κ1) is 19.7. The third-order valence-electron chi connectivity index (χ3n) is 5.91. The van der Waals surface area contributed by atoms with E-state index in [4.69, 9.17) is 4.74 Å². The van der Waals surface area contributed by atoms with Crippen molar-refractivity contribution >= 4 is 10.8 Å². The smallest absolute Gasteiger partial charge is 0.258 e. The summed E-state index contributed by atoms with van der Waals surface area (Å²) in [6.07, 6.45) is 3.78. The van der Waals surface area contributed by atoms with Crippen LogP contribution in [0, 0.1) is 5.92 Å². The molecule has 0 spiro atoms. The molecule has 2 aromatic carbocycles. The number of ether oxygens (including phenoxy) is 1. The summed E-state index contributed by atoms with van der Waals surface area (Å²) in [5.41, 5.74) is 3.41. The highest BCUT2D eigenvalue weighted by molar-refractivity contribution is 5.98. The molecule has 0 aliphatic heterocycles. The summed E-state index contributed by atoms with van der Waals surface area (Å²) in [5.74, 6) is 1.59. The number of rotatable bonds is 8. The van der Waals surface area contributed by atoms with Crippen LogP contribution in [0.5, 0.6) is 5.75 Å². The third kappa shape index (κ3) is 4.08. The second-order valence-corrected chi connectivity index (χ2v) is 8.14. The van der Waals surface area contributed by atoms with Crippen molar-refractivity contribution < 1.29 is 4.74 Å². The van der Waals surface area contributed by atoms with Crippen molar-refractivity contribution in [1.29, 1.82) is 0 Å². The maximum atomic E-state index is 13.2. The first-order valence-corrected chi connectivity index (χ1v) is 10.6. The van der Waals surface area contributed by atoms with Crippen molar-refractivity contribution in [3.05, 3.63) is 64.6 Å². The van der Waals surface area contributed by atoms with Gasteiger partial charge in [0.1, 0.15) is 5.75 Å². The molecule has 4 nitrogen and oxygen atoms in total. The van der Waals surface area contributed by atoms with Crippen LogP contribution in [0.15, 0.2) is 53.3 Å². The van der Waals surface area contributed by atoms with E-state index in [2.05, 4.69) is 36.1 Å². The van der Waals surface area contributed by atoms with Crippen LogP contribution in [-0.2, 0) is 13.6 Å². The Labute approximate surface area is 172 Å². The van der Waals surface area contributed by atoms with Crippen molar-refractivity contribution in [3.63, 3.8) is 0 Å². The SMILES string of the molecule is CCCN(Cc1c(-c2ccccc2)c2cc(OC)ccc2c(=O)n1C)CC1CC1. The quantitative estimate of drug-likeness (QED) is 0.552. The summed E-state index contributed by atoms with van der Waals surface area (Å²) in [4.78, 5) is 15.7. The van der Waals surface area contributed by atoms with Crippen LogP contribution in [0.4, 0.5) is 0 Å². The maximum absolute atomic E-state index is 13.2. The highest BCUT2D eigenvalue weighted by Crippen LogP contribution is 2.34. The van der Waals surface area contributed by atoms with Crippen molar-refractivity contribution in [1.82, 2.24) is 9.47 Å². The van der Waals surface area contributed by atoms with Gasteiger partial charge in [0.25, 0.3) is 5.56 Å². The minimum absolute atomic E-state index is 0.0557. The predicted molar refractivity (Wildman–Crippen MR) is 119 cm³/mol. The lowest BCUT2D eigenvalue weighted by molar-refractivity contribution is 0.249. The molecule has 152 valence electrons. The summed E-state index contributed by atoms with van der Waals surface area (Å²) in [7, 11) is 3.58. The zero-order valence-corrected chi connectivity index (χ0v) is 17.6. The summed E-state index contributed by atoms with van der Waals surface area (Å²) >= 11 is 0. The highest BCUT2D eigenvalue weighted by atomic mass is 16.5. The fourth-order valence-electron chi connectivity index (χ4n) is 4.21. The van der Waals surface area contributed by atoms with Crippen LogP contribution >= 0.6 is 0 Å². The van der Waals surface area contributed by atoms with Gasteiger partial charge in [-0.05, 0) is 55.5 Å². The Kier molecular flexibility index (Phi) is 5.72. The molecule has 0 bridgehead atoms. The van der Waals surface area contributed by atoms with Crippen LogP contribution in [0.3, 0.4) is 0 Å². The first-order chi connectivity index (χ1) is 14.1. The molecule has 1 heterocycles. The van der Waals surface area contributed by atoms with Gasteiger partial charge >= 0.3 is 0 Å². The number of aromatic nitrogens is 1. The number of benzene rings is 2. The standard InChI is InChI=1S/C25H30N2O2/c1-4-14-27(16-18-10-11-18)17-23-24(19-8-6-5-7-9-19)22-15-20(29-3)12-13-21(22)25(28)26(23)2/h5-9,12-13,15,18H,4,10-11,14,16-17H2,1-3H3. The molecule has 0 radical (unpaired) electrons. The fourth-order valence-corrected chi connectivity index (χ4v) is 4.21. The highest BCUT2D eigenvalue weighted by Gasteiger charge is 2.26. The molecule has 1 aliphatic carbocycles. The van der Waals surface area contributed by atoms with Gasteiger partial charge in [0.05, 0.1) is 7.11 Å². The van der Waals surface area contributed by atoms with E-state index in [1.54, 1.807) is 7.11 Å². The van der Waals surface area contributed by atoms with Crippen molar-refractivity contribution in [2.75, 3.05) is 20.2 Å². The van der Waals surface area contributed by atoms with Gasteiger partial charge in [-0.3, -0.25) is 9.69 Å². The van der Waals surface area contributed by atoms with Crippen molar-refractivity contribution in [2.45, 2.75) is 32.7 Å². The second kappa shape index (κ2) is 8.42. The molecule has 0 amide bonds. The van der Waals surface area contributed by atoms with E-state index < -0.39 is 0 Å². The van der Waals surface area contributed by atoms with E-state index >= 15 is 0 Å². The lowest BCUT2D eigenvalue weighted by Crippen LogP contribution is -2.31. The van der Waals surface area contributed by atoms with Crippen LogP contribution in [0.1, 0.15) is 31.9 Å². The molecule has 3 aromatic rings. The molecular formula is C25H30N2O2. The molecule has 0 unspecified atom stereocenters. The third-order valence-corrected chi connectivity index (χ3v) is 5.91. The Morgan fingerprint density at radius 1 is 1.10 bits per heavy atom. The maximum Gasteiger partial charge on any atom is 0.258 e. The molecule has 0 saturated heterocycles. The van der Waals surface area contributed by atoms with Gasteiger partial charge in [-0.1, -0.05) is 37.3 Å². The first-order valence-electron chi connectivity index (χ1n) is 10.6. The Morgan fingerprint density at radius 2 is 1.86 bits per heavy atom. The lowest BCUT2D eigenvalue weighted by Gasteiger charge is -2.26. The average molecular weight is 391 g/mol. The molecule has 1 aromatic heterocycles. The van der Waals surface area contributed by atoms with Gasteiger partial charge in [0.15, 0.2) is 0 Å². The molecule has 0 N–H and O–H groups in total. The van der Waals surface area contributed by atoms with Gasteiger partial charge in [-0.2, -0.15) is 0 Å². The molecule has 1 aliphatic rings. The zero-order chi connectivity index (χ0) is 20.4. The van der Waals surface area contributed by atoms with Crippen molar-refractivity contribution in [3.8, 4) is 16.9 Å². The Bertz CT molecular complexity index is 1050. The molecule has 1 fully saturated rings. The largest absolute Gasteiger partial charge is 0.497 e. The van der Waals surface area contributed by atoms with E-state index in [9.17, 15) is 4.79 Å². The van der Waals surface area contributed by atoms with Gasteiger partial charge < -0.3 is 9.30 Å². The van der Waals surface area contributed by atoms with E-state index in [1.807, 2.05) is 35.9 Å². The summed E-state index contributed by atoms with van der Waals surface area (Å²) in [6.45, 7) is 5.18. The van der Waals surface area contributed by atoms with Gasteiger partial charge in [0, 0.05) is 42.2 Å². The van der Waals surface area contributed by atoms with Crippen molar-refractivity contribution in [2.24, 2.45) is 13.0 Å². The molecule has 29 heavy (non-hydrogen) atoms. The fraction of sp³-hybridized carbons (Fsp3) is 0.400. The Balaban J connectivity index is 1.93. The van der Waals surface area contributed by atoms with Gasteiger partial charge in [-0.25, -0.2) is 0 Å². The van der Waals surface area contributed by atoms with Gasteiger partial charge in [-0.15, -0.1) is 0 Å². The normalized spacial score (nSPS) is 13.9. The minimum atomic E-state index is 0.0557. The minimum Gasteiger partial charge on any atom is -0.497 e. The molecular weight excluding hydrogens is 360 g/mol. The molecule has 0 atom stereocenters. The van der Waals surface area contributed by atoms with E-state index in [0.717, 1.165) is 65.3 Å². The summed E-state index contributed by atoms with van der Waals surface area (Å²) in [5, 5.41) is 1.71. The summed E-state index contributed by atoms with van der Waals surface area (Å²) < 4.78 is 7.34. The topological polar surface area (TPSA) is 34.5 Å². The van der Waals surface area contributed by atoms with Crippen LogP contribution in [0.2, 0.25) is 0 Å². The monoisotopic (exact) mass is 390 g/mol. The Hall–Kier alpha value is -2.59. The number of hydrogen-bond donors (Lipinski definition) is 0. The van der Waals surface area contributed by atoms with Crippen LogP contribution in [-0.4, -0.2) is 29.7 Å².